The van der Waals surface area contributed by atoms with Crippen molar-refractivity contribution in [2.24, 2.45) is 5.92 Å². The molecule has 0 spiro atoms. The molecular formula is C21H24ClN3O2S. The van der Waals surface area contributed by atoms with Crippen molar-refractivity contribution in [2.45, 2.75) is 32.1 Å². The number of carbonyl (C=O) groups excluding carboxylic acids is 2. The first-order valence-corrected chi connectivity index (χ1v) is 11.2. The lowest BCUT2D eigenvalue weighted by Gasteiger charge is -2.35. The molecule has 28 heavy (non-hydrogen) atoms. The van der Waals surface area contributed by atoms with Gasteiger partial charge in [-0.15, -0.1) is 11.3 Å². The molecule has 2 amide bonds. The van der Waals surface area contributed by atoms with E-state index in [-0.39, 0.29) is 17.7 Å². The fourth-order valence-corrected chi connectivity index (χ4v) is 4.89. The summed E-state index contributed by atoms with van der Waals surface area (Å²) in [7, 11) is 0. The quantitative estimate of drug-likeness (QED) is 0.746. The van der Waals surface area contributed by atoms with Gasteiger partial charge in [-0.3, -0.25) is 9.59 Å². The maximum atomic E-state index is 12.8. The molecule has 5 nitrogen and oxygen atoms in total. The lowest BCUT2D eigenvalue weighted by Crippen LogP contribution is -2.45. The van der Waals surface area contributed by atoms with Gasteiger partial charge in [-0.25, -0.2) is 4.98 Å². The van der Waals surface area contributed by atoms with E-state index in [4.69, 9.17) is 11.6 Å². The number of piperidine rings is 2. The monoisotopic (exact) mass is 417 g/mol. The van der Waals surface area contributed by atoms with Gasteiger partial charge in [0.15, 0.2) is 0 Å². The van der Waals surface area contributed by atoms with Crippen LogP contribution < -0.4 is 0 Å². The normalized spacial score (nSPS) is 18.3. The van der Waals surface area contributed by atoms with Crippen LogP contribution in [0.5, 0.6) is 0 Å². The Bertz CT molecular complexity index is 838. The van der Waals surface area contributed by atoms with Crippen LogP contribution in [0, 0.1) is 5.92 Å². The summed E-state index contributed by atoms with van der Waals surface area (Å²) in [5.41, 5.74) is 1.44. The van der Waals surface area contributed by atoms with Crippen molar-refractivity contribution in [1.82, 2.24) is 14.8 Å². The zero-order valence-electron chi connectivity index (χ0n) is 15.8. The minimum Gasteiger partial charge on any atom is -0.342 e. The van der Waals surface area contributed by atoms with Gasteiger partial charge < -0.3 is 9.80 Å². The first-order valence-electron chi connectivity index (χ1n) is 9.91. The summed E-state index contributed by atoms with van der Waals surface area (Å²) in [6, 6.07) is 7.47. The number of thiazole rings is 1. The molecule has 2 aliphatic heterocycles. The molecule has 1 aromatic carbocycles. The molecule has 3 heterocycles. The van der Waals surface area contributed by atoms with Crippen LogP contribution in [0.3, 0.4) is 0 Å². The second-order valence-electron chi connectivity index (χ2n) is 7.50. The molecule has 0 atom stereocenters. The summed E-state index contributed by atoms with van der Waals surface area (Å²) >= 11 is 7.40. The molecule has 2 fully saturated rings. The lowest BCUT2D eigenvalue weighted by atomic mass is 9.94. The zero-order chi connectivity index (χ0) is 19.5. The molecule has 2 aromatic rings. The summed E-state index contributed by atoms with van der Waals surface area (Å²) in [4.78, 5) is 33.9. The molecule has 2 saturated heterocycles. The van der Waals surface area contributed by atoms with E-state index in [2.05, 4.69) is 4.98 Å². The van der Waals surface area contributed by atoms with Gasteiger partial charge in [0, 0.05) is 48.1 Å². The van der Waals surface area contributed by atoms with E-state index >= 15 is 0 Å². The number of nitrogens with zero attached hydrogens (tertiary/aromatic N) is 3. The topological polar surface area (TPSA) is 53.5 Å². The van der Waals surface area contributed by atoms with E-state index in [1.54, 1.807) is 0 Å². The first-order chi connectivity index (χ1) is 13.6. The molecule has 7 heteroatoms. The zero-order valence-corrected chi connectivity index (χ0v) is 17.3. The van der Waals surface area contributed by atoms with Gasteiger partial charge in [0.2, 0.25) is 5.91 Å². The molecule has 0 aliphatic carbocycles. The van der Waals surface area contributed by atoms with Gasteiger partial charge in [-0.1, -0.05) is 23.7 Å². The van der Waals surface area contributed by atoms with Crippen LogP contribution in [0.4, 0.5) is 0 Å². The second-order valence-corrected chi connectivity index (χ2v) is 8.79. The highest BCUT2D eigenvalue weighted by molar-refractivity contribution is 7.13. The van der Waals surface area contributed by atoms with Crippen LogP contribution in [0.25, 0.3) is 10.6 Å². The first kappa shape index (κ1) is 19.4. The lowest BCUT2D eigenvalue weighted by molar-refractivity contribution is -0.137. The SMILES string of the molecule is O=C(c1csc(-c2ccc(Cl)cc2)n1)N1CCC(C(=O)N2CCCCC2)CC1. The number of hydrogen-bond donors (Lipinski definition) is 0. The number of amides is 2. The fourth-order valence-electron chi connectivity index (χ4n) is 3.96. The number of aromatic nitrogens is 1. The third kappa shape index (κ3) is 4.23. The molecular weight excluding hydrogens is 394 g/mol. The molecule has 148 valence electrons. The van der Waals surface area contributed by atoms with Crippen LogP contribution in [0.15, 0.2) is 29.6 Å². The van der Waals surface area contributed by atoms with Crippen LogP contribution in [-0.2, 0) is 4.79 Å². The molecule has 4 rings (SSSR count). The van der Waals surface area contributed by atoms with E-state index in [9.17, 15) is 9.59 Å². The summed E-state index contributed by atoms with van der Waals surface area (Å²) in [6.07, 6.45) is 4.94. The number of likely N-dealkylation sites (tertiary alicyclic amines) is 2. The number of benzene rings is 1. The van der Waals surface area contributed by atoms with Crippen molar-refractivity contribution in [3.63, 3.8) is 0 Å². The average Bonchev–Trinajstić information content (AvgIpc) is 3.24. The maximum absolute atomic E-state index is 12.8. The number of carbonyl (C=O) groups is 2. The van der Waals surface area contributed by atoms with E-state index in [0.717, 1.165) is 49.3 Å². The highest BCUT2D eigenvalue weighted by Gasteiger charge is 2.31. The molecule has 0 N–H and O–H groups in total. The van der Waals surface area contributed by atoms with E-state index in [1.807, 2.05) is 39.4 Å². The summed E-state index contributed by atoms with van der Waals surface area (Å²) < 4.78 is 0. The molecule has 2 aliphatic rings. The molecule has 0 bridgehead atoms. The van der Waals surface area contributed by atoms with Crippen LogP contribution in [0.2, 0.25) is 5.02 Å². The van der Waals surface area contributed by atoms with Gasteiger partial charge in [-0.05, 0) is 44.2 Å². The van der Waals surface area contributed by atoms with Gasteiger partial charge >= 0.3 is 0 Å². The van der Waals surface area contributed by atoms with E-state index in [1.165, 1.54) is 17.8 Å². The summed E-state index contributed by atoms with van der Waals surface area (Å²) in [5.74, 6) is 0.299. The van der Waals surface area contributed by atoms with Crippen molar-refractivity contribution in [2.75, 3.05) is 26.2 Å². The second kappa shape index (κ2) is 8.62. The number of rotatable bonds is 3. The Kier molecular flexibility index (Phi) is 5.97. The van der Waals surface area contributed by atoms with Crippen molar-refractivity contribution in [3.05, 3.63) is 40.4 Å². The fraction of sp³-hybridized carbons (Fsp3) is 0.476. The minimum atomic E-state index is -0.0414. The predicted octanol–water partition coefficient (Wildman–Crippen LogP) is 4.33. The van der Waals surface area contributed by atoms with E-state index in [0.29, 0.717) is 23.8 Å². The Morgan fingerprint density at radius 3 is 2.32 bits per heavy atom. The highest BCUT2D eigenvalue weighted by atomic mass is 35.5. The molecule has 0 unspecified atom stereocenters. The standard InChI is InChI=1S/C21H24ClN3O2S/c22-17-6-4-15(5-7-17)19-23-18(14-28-19)21(27)25-12-8-16(9-13-25)20(26)24-10-2-1-3-11-24/h4-7,14,16H,1-3,8-13H2. The third-order valence-corrected chi connectivity index (χ3v) is 6.76. The van der Waals surface area contributed by atoms with Gasteiger partial charge in [0.25, 0.3) is 5.91 Å². The van der Waals surface area contributed by atoms with Crippen molar-refractivity contribution >= 4 is 34.8 Å². The smallest absolute Gasteiger partial charge is 0.273 e. The van der Waals surface area contributed by atoms with Gasteiger partial charge in [-0.2, -0.15) is 0 Å². The Morgan fingerprint density at radius 2 is 1.64 bits per heavy atom. The Balaban J connectivity index is 1.35. The van der Waals surface area contributed by atoms with Crippen molar-refractivity contribution < 1.29 is 9.59 Å². The van der Waals surface area contributed by atoms with Crippen molar-refractivity contribution in [1.29, 1.82) is 0 Å². The average molecular weight is 418 g/mol. The summed E-state index contributed by atoms with van der Waals surface area (Å²) in [6.45, 7) is 3.03. The number of halogens is 1. The van der Waals surface area contributed by atoms with Crippen LogP contribution >= 0.6 is 22.9 Å². The largest absolute Gasteiger partial charge is 0.342 e. The molecule has 0 radical (unpaired) electrons. The summed E-state index contributed by atoms with van der Waals surface area (Å²) in [5, 5.41) is 3.31. The van der Waals surface area contributed by atoms with Crippen LogP contribution in [-0.4, -0.2) is 52.8 Å². The van der Waals surface area contributed by atoms with Gasteiger partial charge in [0.05, 0.1) is 0 Å². The maximum Gasteiger partial charge on any atom is 0.273 e. The Labute approximate surface area is 174 Å². The highest BCUT2D eigenvalue weighted by Crippen LogP contribution is 2.27. The van der Waals surface area contributed by atoms with Crippen LogP contribution in [0.1, 0.15) is 42.6 Å². The van der Waals surface area contributed by atoms with E-state index < -0.39 is 0 Å². The third-order valence-electron chi connectivity index (χ3n) is 5.61. The minimum absolute atomic E-state index is 0.0414. The predicted molar refractivity (Wildman–Crippen MR) is 112 cm³/mol. The Morgan fingerprint density at radius 1 is 0.964 bits per heavy atom. The molecule has 1 aromatic heterocycles. The Hall–Kier alpha value is -1.92. The molecule has 0 saturated carbocycles. The van der Waals surface area contributed by atoms with Gasteiger partial charge in [0.1, 0.15) is 10.7 Å². The van der Waals surface area contributed by atoms with Crippen molar-refractivity contribution in [3.8, 4) is 10.6 Å². The number of hydrogen-bond acceptors (Lipinski definition) is 4.